The molecule has 1 atom stereocenters. The van der Waals surface area contributed by atoms with E-state index in [0.717, 1.165) is 51.4 Å². The quantitative estimate of drug-likeness (QED) is 0.159. The first kappa shape index (κ1) is 35.4. The fourth-order valence-electron chi connectivity index (χ4n) is 5.08. The monoisotopic (exact) mass is 600 g/mol. The Labute approximate surface area is 254 Å². The van der Waals surface area contributed by atoms with Gasteiger partial charge < -0.3 is 23.8 Å². The lowest BCUT2D eigenvalue weighted by Gasteiger charge is -2.34. The molecule has 0 radical (unpaired) electrons. The summed E-state index contributed by atoms with van der Waals surface area (Å²) in [6, 6.07) is 14.2. The first-order valence-corrected chi connectivity index (χ1v) is 17.5. The molecule has 234 valence electrons. The van der Waals surface area contributed by atoms with Crippen molar-refractivity contribution in [1.82, 2.24) is 9.80 Å². The Hall–Kier alpha value is -2.79. The number of benzene rings is 2. The van der Waals surface area contributed by atoms with Crippen LogP contribution in [0, 0.1) is 0 Å². The summed E-state index contributed by atoms with van der Waals surface area (Å²) in [6.07, 6.45) is 7.20. The molecule has 0 fully saturated rings. The Morgan fingerprint density at radius 1 is 0.643 bits per heavy atom. The molecule has 0 spiro atoms. The van der Waals surface area contributed by atoms with Crippen LogP contribution < -0.4 is 20.1 Å². The number of methoxy groups -OCH3 is 2. The van der Waals surface area contributed by atoms with Crippen LogP contribution in [0.15, 0.2) is 48.5 Å². The van der Waals surface area contributed by atoms with Crippen molar-refractivity contribution in [3.63, 3.8) is 0 Å². The zero-order valence-corrected chi connectivity index (χ0v) is 27.7. The second-order valence-corrected chi connectivity index (χ2v) is 13.9. The number of hydrogen-bond donors (Lipinski definition) is 0. The molecule has 0 bridgehead atoms. The summed E-state index contributed by atoms with van der Waals surface area (Å²) < 4.78 is 26.5. The third kappa shape index (κ3) is 9.62. The minimum atomic E-state index is -3.66. The van der Waals surface area contributed by atoms with Gasteiger partial charge in [0.2, 0.25) is 11.8 Å². The van der Waals surface area contributed by atoms with Crippen LogP contribution in [0.5, 0.6) is 11.5 Å². The fourth-order valence-corrected chi connectivity index (χ4v) is 8.17. The van der Waals surface area contributed by atoms with Gasteiger partial charge in [-0.3, -0.25) is 9.59 Å². The van der Waals surface area contributed by atoms with Gasteiger partial charge >= 0.3 is 0 Å². The van der Waals surface area contributed by atoms with E-state index in [-0.39, 0.29) is 18.2 Å². The molecule has 2 rings (SSSR count). The van der Waals surface area contributed by atoms with Gasteiger partial charge in [-0.05, 0) is 74.2 Å². The lowest BCUT2D eigenvalue weighted by atomic mass is 10.2. The number of rotatable bonds is 20. The Morgan fingerprint density at radius 2 is 1.00 bits per heavy atom. The molecule has 42 heavy (non-hydrogen) atoms. The third-order valence-corrected chi connectivity index (χ3v) is 11.2. The Morgan fingerprint density at radius 3 is 1.33 bits per heavy atom. The highest BCUT2D eigenvalue weighted by molar-refractivity contribution is 7.80. The number of ether oxygens (including phenoxy) is 2. The average Bonchev–Trinajstić information content (AvgIpc) is 3.03. The van der Waals surface area contributed by atoms with Crippen molar-refractivity contribution < 1.29 is 23.6 Å². The SMILES string of the molecule is CCCCN(CCCC)C(=O)CC(C(=O)N(CCCC)CCCC)P(=O)(c1ccc(OC)cc1)c1ccc(OC)cc1. The second-order valence-electron chi connectivity index (χ2n) is 10.9. The molecule has 0 N–H and O–H groups in total. The third-order valence-electron chi connectivity index (χ3n) is 7.79. The van der Waals surface area contributed by atoms with Gasteiger partial charge in [0.15, 0.2) is 7.14 Å². The van der Waals surface area contributed by atoms with Crippen molar-refractivity contribution in [2.45, 2.75) is 91.1 Å². The summed E-state index contributed by atoms with van der Waals surface area (Å²) in [5.74, 6) is 0.961. The maximum Gasteiger partial charge on any atom is 0.234 e. The van der Waals surface area contributed by atoms with Crippen molar-refractivity contribution in [1.29, 1.82) is 0 Å². The number of carbonyl (C=O) groups is 2. The van der Waals surface area contributed by atoms with Crippen molar-refractivity contribution in [2.24, 2.45) is 0 Å². The predicted molar refractivity (Wildman–Crippen MR) is 174 cm³/mol. The van der Waals surface area contributed by atoms with E-state index >= 15 is 4.57 Å². The second kappa shape index (κ2) is 18.7. The van der Waals surface area contributed by atoms with E-state index in [1.54, 1.807) is 62.8 Å². The normalized spacial score (nSPS) is 12.0. The van der Waals surface area contributed by atoms with E-state index in [1.807, 2.05) is 9.80 Å². The molecule has 7 nitrogen and oxygen atoms in total. The highest BCUT2D eigenvalue weighted by atomic mass is 31.2. The van der Waals surface area contributed by atoms with Gasteiger partial charge in [-0.25, -0.2) is 0 Å². The maximum atomic E-state index is 15.7. The molecule has 2 amide bonds. The van der Waals surface area contributed by atoms with E-state index in [9.17, 15) is 9.59 Å². The molecule has 1 unspecified atom stereocenters. The van der Waals surface area contributed by atoms with Crippen molar-refractivity contribution in [3.8, 4) is 11.5 Å². The molecule has 2 aromatic carbocycles. The van der Waals surface area contributed by atoms with Gasteiger partial charge in [-0.15, -0.1) is 0 Å². The summed E-state index contributed by atoms with van der Waals surface area (Å²) in [7, 11) is -0.491. The first-order valence-electron chi connectivity index (χ1n) is 15.8. The smallest absolute Gasteiger partial charge is 0.234 e. The zero-order chi connectivity index (χ0) is 31.0. The summed E-state index contributed by atoms with van der Waals surface area (Å²) in [6.45, 7) is 10.9. The van der Waals surface area contributed by atoms with Gasteiger partial charge in [0, 0.05) is 43.2 Å². The molecular weight excluding hydrogens is 547 g/mol. The largest absolute Gasteiger partial charge is 0.497 e. The van der Waals surface area contributed by atoms with Crippen LogP contribution in [0.4, 0.5) is 0 Å². The predicted octanol–water partition coefficient (Wildman–Crippen LogP) is 6.63. The molecule has 0 heterocycles. The summed E-state index contributed by atoms with van der Waals surface area (Å²) in [5.41, 5.74) is -1.02. The van der Waals surface area contributed by atoms with Gasteiger partial charge in [-0.2, -0.15) is 0 Å². The molecule has 0 saturated heterocycles. The molecule has 0 aliphatic rings. The lowest BCUT2D eigenvalue weighted by Crippen LogP contribution is -2.46. The van der Waals surface area contributed by atoms with Crippen LogP contribution in [0.25, 0.3) is 0 Å². The highest BCUT2D eigenvalue weighted by Crippen LogP contribution is 2.51. The standard InChI is InChI=1S/C34H53N2O5P/c1-7-11-23-35(24-12-8-2)33(37)27-32(34(38)36(25-13-9-3)26-14-10-4)42(39,30-19-15-28(40-5)16-20-30)31-21-17-29(41-6)18-22-31/h15-22,32H,7-14,23-27H2,1-6H3. The topological polar surface area (TPSA) is 76.2 Å². The van der Waals surface area contributed by atoms with Crippen molar-refractivity contribution in [3.05, 3.63) is 48.5 Å². The van der Waals surface area contributed by atoms with Crippen LogP contribution >= 0.6 is 7.14 Å². The first-order chi connectivity index (χ1) is 20.3. The highest BCUT2D eigenvalue weighted by Gasteiger charge is 2.45. The van der Waals surface area contributed by atoms with Gasteiger partial charge in [0.1, 0.15) is 17.2 Å². The van der Waals surface area contributed by atoms with E-state index in [0.29, 0.717) is 48.3 Å². The molecule has 0 saturated carbocycles. The summed E-state index contributed by atoms with van der Waals surface area (Å²) in [5, 5.41) is 1.08. The number of hydrogen-bond acceptors (Lipinski definition) is 5. The van der Waals surface area contributed by atoms with Crippen molar-refractivity contribution >= 4 is 29.6 Å². The number of nitrogens with zero attached hydrogens (tertiary/aromatic N) is 2. The van der Waals surface area contributed by atoms with Gasteiger partial charge in [0.25, 0.3) is 0 Å². The average molecular weight is 601 g/mol. The number of unbranched alkanes of at least 4 members (excludes halogenated alkanes) is 4. The summed E-state index contributed by atoms with van der Waals surface area (Å²) >= 11 is 0. The lowest BCUT2D eigenvalue weighted by molar-refractivity contribution is -0.136. The molecule has 2 aromatic rings. The van der Waals surface area contributed by atoms with Crippen LogP contribution in [-0.4, -0.2) is 67.7 Å². The number of amides is 2. The van der Waals surface area contributed by atoms with Crippen LogP contribution in [-0.2, 0) is 14.2 Å². The minimum absolute atomic E-state index is 0.101. The van der Waals surface area contributed by atoms with Crippen LogP contribution in [0.1, 0.15) is 85.5 Å². The molecule has 0 aromatic heterocycles. The van der Waals surface area contributed by atoms with Gasteiger partial charge in [0.05, 0.1) is 14.2 Å². The maximum absolute atomic E-state index is 15.7. The van der Waals surface area contributed by atoms with Gasteiger partial charge in [-0.1, -0.05) is 53.4 Å². The molecule has 8 heteroatoms. The Balaban J connectivity index is 2.74. The molecule has 0 aliphatic carbocycles. The van der Waals surface area contributed by atoms with Crippen LogP contribution in [0.3, 0.4) is 0 Å². The van der Waals surface area contributed by atoms with Crippen LogP contribution in [0.2, 0.25) is 0 Å². The minimum Gasteiger partial charge on any atom is -0.497 e. The van der Waals surface area contributed by atoms with E-state index in [4.69, 9.17) is 9.47 Å². The molecule has 0 aliphatic heterocycles. The summed E-state index contributed by atoms with van der Waals surface area (Å²) in [4.78, 5) is 32.4. The Bertz CT molecular complexity index is 1050. The van der Waals surface area contributed by atoms with E-state index < -0.39 is 12.8 Å². The zero-order valence-electron chi connectivity index (χ0n) is 26.8. The number of carbonyl (C=O) groups excluding carboxylic acids is 2. The van der Waals surface area contributed by atoms with Crippen molar-refractivity contribution in [2.75, 3.05) is 40.4 Å². The molecular formula is C34H53N2O5P. The Kier molecular flexibility index (Phi) is 15.8. The fraction of sp³-hybridized carbons (Fsp3) is 0.588. The van der Waals surface area contributed by atoms with E-state index in [2.05, 4.69) is 27.7 Å². The van der Waals surface area contributed by atoms with E-state index in [1.165, 1.54) is 0 Å².